The lowest BCUT2D eigenvalue weighted by Crippen LogP contribution is -2.25. The molecule has 102 valence electrons. The van der Waals surface area contributed by atoms with Crippen LogP contribution in [0.5, 0.6) is 0 Å². The van der Waals surface area contributed by atoms with E-state index in [9.17, 15) is 4.39 Å². The van der Waals surface area contributed by atoms with Crippen molar-refractivity contribution in [2.45, 2.75) is 6.04 Å². The Morgan fingerprint density at radius 2 is 2.00 bits per heavy atom. The van der Waals surface area contributed by atoms with E-state index in [1.54, 1.807) is 25.4 Å². The van der Waals surface area contributed by atoms with E-state index in [0.29, 0.717) is 5.95 Å². The van der Waals surface area contributed by atoms with Crippen molar-refractivity contribution >= 4 is 11.5 Å². The third-order valence-corrected chi connectivity index (χ3v) is 3.14. The van der Waals surface area contributed by atoms with E-state index in [4.69, 9.17) is 0 Å². The number of halogens is 1. The minimum Gasteiger partial charge on any atom is -0.357 e. The maximum absolute atomic E-state index is 13.0. The highest BCUT2D eigenvalue weighted by atomic mass is 19.1. The van der Waals surface area contributed by atoms with Gasteiger partial charge in [0.25, 0.3) is 0 Å². The fourth-order valence-electron chi connectivity index (χ4n) is 2.14. The fraction of sp³-hybridized carbons (Fsp3) is 0.143. The minimum atomic E-state index is -0.246. The maximum Gasteiger partial charge on any atom is 0.222 e. The monoisotopic (exact) mass is 271 g/mol. The van der Waals surface area contributed by atoms with Gasteiger partial charge in [-0.15, -0.1) is 0 Å². The lowest BCUT2D eigenvalue weighted by Gasteiger charge is -2.15. The molecule has 0 saturated heterocycles. The largest absolute Gasteiger partial charge is 0.357 e. The number of nitrogens with one attached hydrogen (secondary N) is 3. The highest BCUT2D eigenvalue weighted by Gasteiger charge is 2.23. The first kappa shape index (κ1) is 12.6. The topological polar surface area (TPSA) is 61.9 Å². The van der Waals surface area contributed by atoms with E-state index in [-0.39, 0.29) is 11.9 Å². The first-order chi connectivity index (χ1) is 9.78. The van der Waals surface area contributed by atoms with Gasteiger partial charge in [-0.1, -0.05) is 12.1 Å². The molecule has 0 bridgehead atoms. The Bertz CT molecular complexity index is 638. The van der Waals surface area contributed by atoms with Gasteiger partial charge in [0.05, 0.1) is 11.7 Å². The molecule has 6 heteroatoms. The van der Waals surface area contributed by atoms with Gasteiger partial charge in [-0.2, -0.15) is 0 Å². The van der Waals surface area contributed by atoms with Gasteiger partial charge in [0, 0.05) is 25.0 Å². The second-order valence-corrected chi connectivity index (χ2v) is 4.39. The molecule has 2 aromatic rings. The zero-order valence-corrected chi connectivity index (χ0v) is 10.9. The Morgan fingerprint density at radius 1 is 1.20 bits per heavy atom. The Balaban J connectivity index is 1.94. The summed E-state index contributed by atoms with van der Waals surface area (Å²) in [7, 11) is 1.77. The van der Waals surface area contributed by atoms with E-state index in [2.05, 4.69) is 26.1 Å². The van der Waals surface area contributed by atoms with Crippen molar-refractivity contribution < 1.29 is 4.39 Å². The molecule has 0 aliphatic carbocycles. The molecule has 20 heavy (non-hydrogen) atoms. The van der Waals surface area contributed by atoms with Gasteiger partial charge in [0.2, 0.25) is 5.95 Å². The normalized spacial score (nSPS) is 17.5. The van der Waals surface area contributed by atoms with Crippen LogP contribution in [0.25, 0.3) is 5.57 Å². The van der Waals surface area contributed by atoms with E-state index < -0.39 is 0 Å². The molecule has 1 aromatic heterocycles. The van der Waals surface area contributed by atoms with Gasteiger partial charge in [-0.05, 0) is 23.8 Å². The smallest absolute Gasteiger partial charge is 0.222 e. The van der Waals surface area contributed by atoms with Gasteiger partial charge in [0.1, 0.15) is 5.82 Å². The molecule has 2 heterocycles. The summed E-state index contributed by atoms with van der Waals surface area (Å²) >= 11 is 0. The summed E-state index contributed by atoms with van der Waals surface area (Å²) in [5, 5.41) is 2.91. The van der Waals surface area contributed by atoms with E-state index in [1.165, 1.54) is 12.1 Å². The number of aromatic nitrogens is 2. The molecule has 0 amide bonds. The predicted molar refractivity (Wildman–Crippen MR) is 75.0 cm³/mol. The molecule has 5 nitrogen and oxygen atoms in total. The van der Waals surface area contributed by atoms with Crippen molar-refractivity contribution in [2.24, 2.45) is 0 Å². The fourth-order valence-corrected chi connectivity index (χ4v) is 2.14. The number of hydrogen-bond donors (Lipinski definition) is 3. The molecule has 0 fully saturated rings. The van der Waals surface area contributed by atoms with E-state index in [1.807, 2.05) is 12.3 Å². The zero-order chi connectivity index (χ0) is 13.9. The Kier molecular flexibility index (Phi) is 3.30. The summed E-state index contributed by atoms with van der Waals surface area (Å²) in [6, 6.07) is 8.19. The average Bonchev–Trinajstić information content (AvgIpc) is 2.97. The number of benzene rings is 1. The van der Waals surface area contributed by atoms with Crippen LogP contribution in [0.15, 0.2) is 42.7 Å². The van der Waals surface area contributed by atoms with Crippen molar-refractivity contribution in [1.82, 2.24) is 20.8 Å². The molecule has 1 aliphatic heterocycles. The van der Waals surface area contributed by atoms with Crippen LogP contribution >= 0.6 is 0 Å². The Labute approximate surface area is 115 Å². The molecular weight excluding hydrogens is 257 g/mol. The van der Waals surface area contributed by atoms with Crippen LogP contribution in [-0.4, -0.2) is 17.0 Å². The van der Waals surface area contributed by atoms with Crippen molar-refractivity contribution in [3.8, 4) is 0 Å². The Hall–Kier alpha value is -2.47. The van der Waals surface area contributed by atoms with Crippen molar-refractivity contribution in [3.63, 3.8) is 0 Å². The summed E-state index contributed by atoms with van der Waals surface area (Å²) in [4.78, 5) is 8.52. The lowest BCUT2D eigenvalue weighted by molar-refractivity contribution is 0.606. The van der Waals surface area contributed by atoms with Gasteiger partial charge in [-0.25, -0.2) is 19.8 Å². The van der Waals surface area contributed by atoms with Crippen LogP contribution in [0, 0.1) is 5.82 Å². The van der Waals surface area contributed by atoms with Crippen LogP contribution in [0.2, 0.25) is 0 Å². The first-order valence-corrected chi connectivity index (χ1v) is 6.25. The summed E-state index contributed by atoms with van der Waals surface area (Å²) in [5.41, 5.74) is 8.88. The van der Waals surface area contributed by atoms with Gasteiger partial charge in [0.15, 0.2) is 0 Å². The molecule has 0 radical (unpaired) electrons. The molecule has 0 spiro atoms. The van der Waals surface area contributed by atoms with Crippen LogP contribution in [0.3, 0.4) is 0 Å². The third kappa shape index (κ3) is 2.33. The highest BCUT2D eigenvalue weighted by molar-refractivity contribution is 5.70. The molecule has 1 atom stereocenters. The number of nitrogens with zero attached hydrogens (tertiary/aromatic N) is 2. The lowest BCUT2D eigenvalue weighted by atomic mass is 9.98. The summed E-state index contributed by atoms with van der Waals surface area (Å²) in [6.45, 7) is 0. The molecule has 0 saturated carbocycles. The second-order valence-electron chi connectivity index (χ2n) is 4.39. The van der Waals surface area contributed by atoms with E-state index in [0.717, 1.165) is 16.8 Å². The molecule has 1 aliphatic rings. The first-order valence-electron chi connectivity index (χ1n) is 6.25. The second kappa shape index (κ2) is 5.26. The predicted octanol–water partition coefficient (Wildman–Crippen LogP) is 1.85. The van der Waals surface area contributed by atoms with Crippen LogP contribution in [-0.2, 0) is 0 Å². The molecular formula is C14H14FN5. The van der Waals surface area contributed by atoms with E-state index >= 15 is 0 Å². The summed E-state index contributed by atoms with van der Waals surface area (Å²) < 4.78 is 13.0. The number of hydrogen-bond acceptors (Lipinski definition) is 5. The molecule has 1 aromatic carbocycles. The molecule has 1 unspecified atom stereocenters. The highest BCUT2D eigenvalue weighted by Crippen LogP contribution is 2.31. The van der Waals surface area contributed by atoms with Crippen LogP contribution < -0.4 is 16.2 Å². The standard InChI is InChI=1S/C14H14FN5/c1-16-14-17-7-6-12(19-14)11-8-18-20-13(11)9-2-4-10(15)5-3-9/h2-8,13,18,20H,1H3,(H,16,17,19). The van der Waals surface area contributed by atoms with Crippen molar-refractivity contribution in [1.29, 1.82) is 0 Å². The van der Waals surface area contributed by atoms with Gasteiger partial charge >= 0.3 is 0 Å². The summed E-state index contributed by atoms with van der Waals surface area (Å²) in [6.07, 6.45) is 3.56. The molecule has 3 rings (SSSR count). The molecule has 3 N–H and O–H groups in total. The summed E-state index contributed by atoms with van der Waals surface area (Å²) in [5.74, 6) is 0.317. The SMILES string of the molecule is CNc1nccc(C2=CNNC2c2ccc(F)cc2)n1. The Morgan fingerprint density at radius 3 is 2.75 bits per heavy atom. The minimum absolute atomic E-state index is 0.0739. The zero-order valence-electron chi connectivity index (χ0n) is 10.9. The maximum atomic E-state index is 13.0. The van der Waals surface area contributed by atoms with Gasteiger partial charge in [-0.3, -0.25) is 0 Å². The quantitative estimate of drug-likeness (QED) is 0.795. The number of hydrazine groups is 1. The number of anilines is 1. The number of rotatable bonds is 3. The van der Waals surface area contributed by atoms with Crippen molar-refractivity contribution in [2.75, 3.05) is 12.4 Å². The third-order valence-electron chi connectivity index (χ3n) is 3.14. The van der Waals surface area contributed by atoms with Gasteiger partial charge < -0.3 is 10.7 Å². The average molecular weight is 271 g/mol. The van der Waals surface area contributed by atoms with Crippen LogP contribution in [0.1, 0.15) is 17.3 Å². The van der Waals surface area contributed by atoms with Crippen LogP contribution in [0.4, 0.5) is 10.3 Å². The van der Waals surface area contributed by atoms with Crippen molar-refractivity contribution in [3.05, 3.63) is 59.8 Å².